The topological polar surface area (TPSA) is 91.4 Å². The van der Waals surface area contributed by atoms with Gasteiger partial charge in [0.25, 0.3) is 0 Å². The third-order valence-corrected chi connectivity index (χ3v) is 6.23. The summed E-state index contributed by atoms with van der Waals surface area (Å²) in [5.41, 5.74) is 0.0695. The minimum atomic E-state index is -1.19. The van der Waals surface area contributed by atoms with Gasteiger partial charge in [-0.1, -0.05) is 19.1 Å². The van der Waals surface area contributed by atoms with Gasteiger partial charge in [-0.25, -0.2) is 9.59 Å². The smallest absolute Gasteiger partial charge is 0.341 e. The molecule has 0 spiro atoms. The summed E-state index contributed by atoms with van der Waals surface area (Å²) < 4.78 is 22.0. The highest BCUT2D eigenvalue weighted by Crippen LogP contribution is 2.40. The molecule has 1 aliphatic carbocycles. The average molecular weight is 392 g/mol. The van der Waals surface area contributed by atoms with Crippen molar-refractivity contribution in [2.75, 3.05) is 7.11 Å². The van der Waals surface area contributed by atoms with E-state index in [9.17, 15) is 14.4 Å². The van der Waals surface area contributed by atoms with E-state index < -0.39 is 41.6 Å². The Balaban J connectivity index is 2.00. The van der Waals surface area contributed by atoms with E-state index >= 15 is 0 Å². The van der Waals surface area contributed by atoms with Gasteiger partial charge in [0.2, 0.25) is 0 Å². The van der Waals surface area contributed by atoms with E-state index in [-0.39, 0.29) is 23.6 Å². The normalized spacial score (nSPS) is 42.9. The van der Waals surface area contributed by atoms with Gasteiger partial charge in [-0.15, -0.1) is 0 Å². The van der Waals surface area contributed by atoms with Crippen molar-refractivity contribution < 1.29 is 33.3 Å². The number of ketones is 1. The lowest BCUT2D eigenvalue weighted by atomic mass is 9.80. The number of fused-ring (bicyclic) bond motifs is 1. The maximum atomic E-state index is 13.3. The summed E-state index contributed by atoms with van der Waals surface area (Å²) in [5, 5.41) is 0. The number of ether oxygens (including phenoxy) is 4. The molecule has 2 heterocycles. The molecule has 0 unspecified atom stereocenters. The van der Waals surface area contributed by atoms with Gasteiger partial charge in [-0.2, -0.15) is 0 Å². The number of allylic oxidation sites excluding steroid dienone is 1. The third kappa shape index (κ3) is 3.53. The SMILES string of the molecule is C=C1C(=O)O[C@H]2/C=C(\C)CC[C@H](OC)[C@@H](C)C(=O)[C@H](OC(=O)[C@@]3(C)O[C@H]3C)[C@@H]12. The molecule has 0 aromatic rings. The van der Waals surface area contributed by atoms with E-state index in [1.54, 1.807) is 27.9 Å². The van der Waals surface area contributed by atoms with Crippen LogP contribution in [0.1, 0.15) is 40.5 Å². The lowest BCUT2D eigenvalue weighted by Gasteiger charge is -2.31. The first kappa shape index (κ1) is 20.7. The molecular formula is C21H28O7. The zero-order valence-corrected chi connectivity index (χ0v) is 17.0. The number of carbonyl (C=O) groups excluding carboxylic acids is 3. The third-order valence-electron chi connectivity index (χ3n) is 6.23. The predicted octanol–water partition coefficient (Wildman–Crippen LogP) is 2.13. The van der Waals surface area contributed by atoms with Crippen LogP contribution in [0.25, 0.3) is 0 Å². The molecule has 3 aliphatic rings. The number of Topliss-reactive ketones (excluding diaryl/α,β-unsaturated/α-hetero) is 1. The Kier molecular flexibility index (Phi) is 5.51. The Morgan fingerprint density at radius 1 is 1.32 bits per heavy atom. The molecule has 0 radical (unpaired) electrons. The highest BCUT2D eigenvalue weighted by Gasteiger charge is 2.59. The fourth-order valence-corrected chi connectivity index (χ4v) is 3.94. The van der Waals surface area contributed by atoms with Crippen molar-refractivity contribution in [3.63, 3.8) is 0 Å². The van der Waals surface area contributed by atoms with Crippen molar-refractivity contribution in [3.8, 4) is 0 Å². The van der Waals surface area contributed by atoms with Gasteiger partial charge in [0.05, 0.1) is 18.1 Å². The van der Waals surface area contributed by atoms with Crippen LogP contribution >= 0.6 is 0 Å². The number of epoxide rings is 1. The lowest BCUT2D eigenvalue weighted by molar-refractivity contribution is -0.166. The van der Waals surface area contributed by atoms with Gasteiger partial charge in [0.1, 0.15) is 6.10 Å². The zero-order valence-electron chi connectivity index (χ0n) is 17.0. The Bertz CT molecular complexity index is 739. The van der Waals surface area contributed by atoms with Gasteiger partial charge in [-0.05, 0) is 39.7 Å². The Morgan fingerprint density at radius 2 is 1.96 bits per heavy atom. The lowest BCUT2D eigenvalue weighted by Crippen LogP contribution is -2.46. The molecule has 7 heteroatoms. The first-order chi connectivity index (χ1) is 13.1. The maximum Gasteiger partial charge on any atom is 0.341 e. The van der Waals surface area contributed by atoms with Crippen molar-refractivity contribution in [1.82, 2.24) is 0 Å². The molecule has 0 saturated carbocycles. The van der Waals surface area contributed by atoms with E-state index in [0.29, 0.717) is 12.8 Å². The molecule has 3 rings (SSSR count). The standard InChI is InChI=1S/C21H28O7/c1-10-7-8-14(25-6)11(2)17(22)18(27-20(24)21(5)13(4)28-21)16-12(3)19(23)26-15(16)9-10/h9,11,13-16,18H,3,7-8H2,1-2,4-6H3/b10-9+/t11-,13+,14+,15+,16+,18-,21+/m1/s1. The van der Waals surface area contributed by atoms with Gasteiger partial charge in [0.15, 0.2) is 17.5 Å². The number of hydrogen-bond donors (Lipinski definition) is 0. The van der Waals surface area contributed by atoms with E-state index in [0.717, 1.165) is 5.57 Å². The molecule has 154 valence electrons. The second-order valence-electron chi connectivity index (χ2n) is 8.13. The molecule has 7 nitrogen and oxygen atoms in total. The Labute approximate surface area is 165 Å². The maximum absolute atomic E-state index is 13.3. The minimum Gasteiger partial charge on any atom is -0.454 e. The van der Waals surface area contributed by atoms with Crippen LogP contribution in [-0.4, -0.2) is 54.8 Å². The van der Waals surface area contributed by atoms with E-state index in [1.807, 2.05) is 13.0 Å². The monoisotopic (exact) mass is 392 g/mol. The van der Waals surface area contributed by atoms with Crippen LogP contribution in [-0.2, 0) is 33.3 Å². The fourth-order valence-electron chi connectivity index (χ4n) is 3.94. The molecule has 28 heavy (non-hydrogen) atoms. The van der Waals surface area contributed by atoms with Gasteiger partial charge >= 0.3 is 11.9 Å². The van der Waals surface area contributed by atoms with Crippen LogP contribution in [0, 0.1) is 11.8 Å². The molecule has 7 atom stereocenters. The van der Waals surface area contributed by atoms with Crippen LogP contribution in [0.5, 0.6) is 0 Å². The molecule has 2 fully saturated rings. The fraction of sp³-hybridized carbons (Fsp3) is 0.667. The number of esters is 2. The molecule has 0 aromatic heterocycles. The molecule has 0 N–H and O–H groups in total. The first-order valence-electron chi connectivity index (χ1n) is 9.62. The molecule has 0 bridgehead atoms. The highest BCUT2D eigenvalue weighted by molar-refractivity contribution is 5.96. The van der Waals surface area contributed by atoms with Crippen LogP contribution in [0.15, 0.2) is 23.8 Å². The number of hydrogen-bond acceptors (Lipinski definition) is 7. The largest absolute Gasteiger partial charge is 0.454 e. The molecule has 0 amide bonds. The molecular weight excluding hydrogens is 364 g/mol. The van der Waals surface area contributed by atoms with Crippen LogP contribution < -0.4 is 0 Å². The quantitative estimate of drug-likeness (QED) is 0.314. The van der Waals surface area contributed by atoms with Gasteiger partial charge in [-0.3, -0.25) is 4.79 Å². The predicted molar refractivity (Wildman–Crippen MR) is 99.3 cm³/mol. The summed E-state index contributed by atoms with van der Waals surface area (Å²) in [4.78, 5) is 38.2. The van der Waals surface area contributed by atoms with Crippen molar-refractivity contribution >= 4 is 17.7 Å². The summed E-state index contributed by atoms with van der Waals surface area (Å²) in [6, 6.07) is 0. The minimum absolute atomic E-state index is 0.136. The van der Waals surface area contributed by atoms with Crippen molar-refractivity contribution in [3.05, 3.63) is 23.8 Å². The second kappa shape index (κ2) is 7.44. The van der Waals surface area contributed by atoms with Crippen molar-refractivity contribution in [2.45, 2.75) is 70.6 Å². The van der Waals surface area contributed by atoms with E-state index in [2.05, 4.69) is 6.58 Å². The number of carbonyl (C=O) groups is 3. The van der Waals surface area contributed by atoms with Crippen LogP contribution in [0.2, 0.25) is 0 Å². The summed E-state index contributed by atoms with van der Waals surface area (Å²) in [6.07, 6.45) is 0.648. The molecule has 2 aliphatic heterocycles. The Hall–Kier alpha value is -1.99. The summed E-state index contributed by atoms with van der Waals surface area (Å²) >= 11 is 0. The summed E-state index contributed by atoms with van der Waals surface area (Å²) in [7, 11) is 1.56. The van der Waals surface area contributed by atoms with Crippen molar-refractivity contribution in [2.24, 2.45) is 11.8 Å². The summed E-state index contributed by atoms with van der Waals surface area (Å²) in [6.45, 7) is 10.9. The van der Waals surface area contributed by atoms with Crippen molar-refractivity contribution in [1.29, 1.82) is 0 Å². The van der Waals surface area contributed by atoms with E-state index in [1.165, 1.54) is 0 Å². The van der Waals surface area contributed by atoms with Crippen LogP contribution in [0.3, 0.4) is 0 Å². The number of rotatable bonds is 3. The van der Waals surface area contributed by atoms with E-state index in [4.69, 9.17) is 18.9 Å². The molecule has 2 saturated heterocycles. The highest BCUT2D eigenvalue weighted by atomic mass is 16.7. The van der Waals surface area contributed by atoms with Gasteiger partial charge < -0.3 is 18.9 Å². The Morgan fingerprint density at radius 3 is 2.54 bits per heavy atom. The zero-order chi connectivity index (χ0) is 20.8. The first-order valence-corrected chi connectivity index (χ1v) is 9.62. The number of methoxy groups -OCH3 is 1. The second-order valence-corrected chi connectivity index (χ2v) is 8.13. The summed E-state index contributed by atoms with van der Waals surface area (Å²) in [5.74, 6) is -2.80. The molecule has 0 aromatic carbocycles. The van der Waals surface area contributed by atoms with Gasteiger partial charge in [0, 0.05) is 18.6 Å². The average Bonchev–Trinajstić information content (AvgIpc) is 3.17. The van der Waals surface area contributed by atoms with Crippen LogP contribution in [0.4, 0.5) is 0 Å².